The third kappa shape index (κ3) is 5.12. The van der Waals surface area contributed by atoms with Gasteiger partial charge in [-0.25, -0.2) is 0 Å². The van der Waals surface area contributed by atoms with Crippen LogP contribution in [0.3, 0.4) is 0 Å². The topological polar surface area (TPSA) is 102 Å². The average molecular weight is 285 g/mol. The molecule has 1 unspecified atom stereocenters. The quantitative estimate of drug-likeness (QED) is 0.550. The molecule has 1 aromatic rings. The largest absolute Gasteiger partial charge is 0.490 e. The fraction of sp³-hybridized carbons (Fsp3) is 0.538. The van der Waals surface area contributed by atoms with E-state index in [1.54, 1.807) is 0 Å². The Kier molecular flexibility index (Phi) is 6.37. The van der Waals surface area contributed by atoms with Crippen LogP contribution in [-0.4, -0.2) is 40.6 Å². The Labute approximate surface area is 116 Å². The second-order valence-corrected chi connectivity index (χ2v) is 4.55. The van der Waals surface area contributed by atoms with Crippen LogP contribution in [0.5, 0.6) is 5.75 Å². The maximum atomic E-state index is 10.6. The molecule has 7 heteroatoms. The third-order valence-electron chi connectivity index (χ3n) is 2.48. The number of hydrogen-bond acceptors (Lipinski definition) is 6. The van der Waals surface area contributed by atoms with Gasteiger partial charge in [0.15, 0.2) is 0 Å². The molecule has 0 saturated heterocycles. The summed E-state index contributed by atoms with van der Waals surface area (Å²) in [5, 5.41) is 29.4. The number of ether oxygens (including phenoxy) is 2. The van der Waals surface area contributed by atoms with Crippen molar-refractivity contribution in [1.29, 1.82) is 0 Å². The molecule has 0 spiro atoms. The predicted molar refractivity (Wildman–Crippen MR) is 71.6 cm³/mol. The molecule has 0 fully saturated rings. The lowest BCUT2D eigenvalue weighted by atomic mass is 10.2. The van der Waals surface area contributed by atoms with Crippen molar-refractivity contribution in [2.24, 2.45) is 0 Å². The summed E-state index contributed by atoms with van der Waals surface area (Å²) < 4.78 is 10.6. The Morgan fingerprint density at radius 3 is 2.60 bits per heavy atom. The van der Waals surface area contributed by atoms with Gasteiger partial charge in [-0.2, -0.15) is 0 Å². The number of rotatable bonds is 8. The van der Waals surface area contributed by atoms with E-state index in [-0.39, 0.29) is 31.6 Å². The van der Waals surface area contributed by atoms with E-state index in [9.17, 15) is 20.3 Å². The van der Waals surface area contributed by atoms with Gasteiger partial charge in [-0.05, 0) is 19.9 Å². The van der Waals surface area contributed by atoms with Gasteiger partial charge in [-0.15, -0.1) is 0 Å². The fourth-order valence-electron chi connectivity index (χ4n) is 1.48. The van der Waals surface area contributed by atoms with Crippen molar-refractivity contribution in [2.75, 3.05) is 13.2 Å². The zero-order chi connectivity index (χ0) is 15.1. The Morgan fingerprint density at radius 1 is 1.35 bits per heavy atom. The standard InChI is InChI=1S/C13H19NO6/c1-9(2)19-7-12(16)8-20-13-4-3-11(14(17)18)5-10(13)6-15/h3-5,9,12,15-16H,6-8H2,1-2H3. The van der Waals surface area contributed by atoms with Crippen LogP contribution in [0, 0.1) is 10.1 Å². The molecule has 0 heterocycles. The molecule has 0 aliphatic carbocycles. The maximum absolute atomic E-state index is 10.6. The first-order chi connectivity index (χ1) is 9.43. The predicted octanol–water partition coefficient (Wildman–Crippen LogP) is 1.25. The summed E-state index contributed by atoms with van der Waals surface area (Å²) in [6.45, 7) is 3.45. The molecule has 0 amide bonds. The van der Waals surface area contributed by atoms with Gasteiger partial charge in [0, 0.05) is 17.7 Å². The Balaban J connectivity index is 2.61. The molecule has 112 valence electrons. The fourth-order valence-corrected chi connectivity index (χ4v) is 1.48. The van der Waals surface area contributed by atoms with Crippen LogP contribution in [0.1, 0.15) is 19.4 Å². The highest BCUT2D eigenvalue weighted by molar-refractivity contribution is 5.43. The average Bonchev–Trinajstić information content (AvgIpc) is 2.42. The van der Waals surface area contributed by atoms with Gasteiger partial charge in [0.1, 0.15) is 18.5 Å². The summed E-state index contributed by atoms with van der Waals surface area (Å²) in [4.78, 5) is 10.1. The highest BCUT2D eigenvalue weighted by atomic mass is 16.6. The first kappa shape index (κ1) is 16.4. The summed E-state index contributed by atoms with van der Waals surface area (Å²) >= 11 is 0. The molecule has 1 atom stereocenters. The second-order valence-electron chi connectivity index (χ2n) is 4.55. The minimum atomic E-state index is -0.806. The van der Waals surface area contributed by atoms with Crippen molar-refractivity contribution in [1.82, 2.24) is 0 Å². The maximum Gasteiger partial charge on any atom is 0.270 e. The molecule has 0 aromatic heterocycles. The van der Waals surface area contributed by atoms with Crippen LogP contribution in [0.4, 0.5) is 5.69 Å². The smallest absolute Gasteiger partial charge is 0.270 e. The van der Waals surface area contributed by atoms with Gasteiger partial charge in [0.25, 0.3) is 5.69 Å². The van der Waals surface area contributed by atoms with Gasteiger partial charge in [0.05, 0.1) is 24.2 Å². The molecule has 1 rings (SSSR count). The lowest BCUT2D eigenvalue weighted by molar-refractivity contribution is -0.385. The number of benzene rings is 1. The van der Waals surface area contributed by atoms with E-state index in [4.69, 9.17) is 9.47 Å². The Morgan fingerprint density at radius 2 is 2.05 bits per heavy atom. The number of aliphatic hydroxyl groups excluding tert-OH is 2. The van der Waals surface area contributed by atoms with E-state index in [0.717, 1.165) is 0 Å². The van der Waals surface area contributed by atoms with Gasteiger partial charge >= 0.3 is 0 Å². The van der Waals surface area contributed by atoms with E-state index in [1.807, 2.05) is 13.8 Å². The minimum Gasteiger partial charge on any atom is -0.490 e. The minimum absolute atomic E-state index is 0.0111. The highest BCUT2D eigenvalue weighted by Crippen LogP contribution is 2.24. The normalized spacial score (nSPS) is 12.4. The molecule has 0 aliphatic rings. The van der Waals surface area contributed by atoms with Gasteiger partial charge in [-0.3, -0.25) is 10.1 Å². The van der Waals surface area contributed by atoms with Crippen molar-refractivity contribution < 1.29 is 24.6 Å². The summed E-state index contributed by atoms with van der Waals surface area (Å²) in [6.07, 6.45) is -0.795. The first-order valence-electron chi connectivity index (χ1n) is 6.24. The molecule has 0 aliphatic heterocycles. The highest BCUT2D eigenvalue weighted by Gasteiger charge is 2.13. The molecule has 0 radical (unpaired) electrons. The number of aliphatic hydroxyl groups is 2. The SMILES string of the molecule is CC(C)OCC(O)COc1ccc([N+](=O)[O-])cc1CO. The molecule has 1 aromatic carbocycles. The molecule has 2 N–H and O–H groups in total. The molecular weight excluding hydrogens is 266 g/mol. The molecule has 0 bridgehead atoms. The lowest BCUT2D eigenvalue weighted by Gasteiger charge is -2.15. The van der Waals surface area contributed by atoms with Crippen LogP contribution in [0.25, 0.3) is 0 Å². The number of nitro groups is 1. The Bertz CT molecular complexity index is 448. The van der Waals surface area contributed by atoms with E-state index in [2.05, 4.69) is 0 Å². The summed E-state index contributed by atoms with van der Waals surface area (Å²) in [5.41, 5.74) is 0.182. The van der Waals surface area contributed by atoms with Crippen LogP contribution in [-0.2, 0) is 11.3 Å². The lowest BCUT2D eigenvalue weighted by Crippen LogP contribution is -2.25. The monoisotopic (exact) mass is 285 g/mol. The van der Waals surface area contributed by atoms with Crippen molar-refractivity contribution in [2.45, 2.75) is 32.7 Å². The number of nitrogens with zero attached hydrogens (tertiary/aromatic N) is 1. The van der Waals surface area contributed by atoms with Crippen molar-refractivity contribution in [3.05, 3.63) is 33.9 Å². The van der Waals surface area contributed by atoms with E-state index in [1.165, 1.54) is 18.2 Å². The zero-order valence-corrected chi connectivity index (χ0v) is 11.5. The number of nitro benzene ring substituents is 1. The van der Waals surface area contributed by atoms with Gasteiger partial charge < -0.3 is 19.7 Å². The second kappa shape index (κ2) is 7.78. The number of non-ortho nitro benzene ring substituents is 1. The first-order valence-corrected chi connectivity index (χ1v) is 6.24. The van der Waals surface area contributed by atoms with Crippen molar-refractivity contribution in [3.63, 3.8) is 0 Å². The summed E-state index contributed by atoms with van der Waals surface area (Å²) in [7, 11) is 0. The van der Waals surface area contributed by atoms with E-state index >= 15 is 0 Å². The third-order valence-corrected chi connectivity index (χ3v) is 2.48. The van der Waals surface area contributed by atoms with E-state index in [0.29, 0.717) is 11.3 Å². The molecule has 0 saturated carbocycles. The molecule has 7 nitrogen and oxygen atoms in total. The molecular formula is C13H19NO6. The van der Waals surface area contributed by atoms with Crippen molar-refractivity contribution >= 4 is 5.69 Å². The van der Waals surface area contributed by atoms with Gasteiger partial charge in [-0.1, -0.05) is 0 Å². The zero-order valence-electron chi connectivity index (χ0n) is 11.5. The van der Waals surface area contributed by atoms with Crippen LogP contribution >= 0.6 is 0 Å². The van der Waals surface area contributed by atoms with E-state index < -0.39 is 11.0 Å². The van der Waals surface area contributed by atoms with Gasteiger partial charge in [0.2, 0.25) is 0 Å². The van der Waals surface area contributed by atoms with Crippen LogP contribution < -0.4 is 4.74 Å². The number of hydrogen-bond donors (Lipinski definition) is 2. The van der Waals surface area contributed by atoms with Crippen molar-refractivity contribution in [3.8, 4) is 5.75 Å². The molecule has 20 heavy (non-hydrogen) atoms. The Hall–Kier alpha value is -1.70. The van der Waals surface area contributed by atoms with Crippen LogP contribution in [0.15, 0.2) is 18.2 Å². The van der Waals surface area contributed by atoms with Crippen LogP contribution in [0.2, 0.25) is 0 Å². The summed E-state index contributed by atoms with van der Waals surface area (Å²) in [6, 6.07) is 3.93. The summed E-state index contributed by atoms with van der Waals surface area (Å²) in [5.74, 6) is 0.307.